The Labute approximate surface area is 276 Å². The number of benzene rings is 2. The van der Waals surface area contributed by atoms with Crippen LogP contribution in [0.4, 0.5) is 4.79 Å². The molecule has 0 heterocycles. The van der Waals surface area contributed by atoms with Gasteiger partial charge in [-0.2, -0.15) is 0 Å². The molecule has 4 amide bonds. The first kappa shape index (κ1) is 37.0. The summed E-state index contributed by atoms with van der Waals surface area (Å²) in [5, 5.41) is 20.0. The van der Waals surface area contributed by atoms with Gasteiger partial charge in [-0.15, -0.1) is 0 Å². The van der Waals surface area contributed by atoms with Crippen molar-refractivity contribution in [3.8, 4) is 11.1 Å². The number of nitrogens with one attached hydrogen (secondary N) is 4. The number of hydrogen-bond donors (Lipinski definition) is 6. The molecule has 0 aliphatic heterocycles. The molecule has 0 saturated carbocycles. The third-order valence-corrected chi connectivity index (χ3v) is 8.00. The van der Waals surface area contributed by atoms with E-state index in [9.17, 15) is 29.1 Å². The monoisotopic (exact) mass is 651 g/mol. The molecule has 12 heteroatoms. The molecule has 0 unspecified atom stereocenters. The maximum Gasteiger partial charge on any atom is 0.407 e. The third kappa shape index (κ3) is 11.1. The van der Waals surface area contributed by atoms with Crippen molar-refractivity contribution in [2.75, 3.05) is 19.7 Å². The molecule has 2 aromatic carbocycles. The largest absolute Gasteiger partial charge is 0.480 e. The van der Waals surface area contributed by atoms with E-state index in [1.54, 1.807) is 0 Å². The van der Waals surface area contributed by atoms with E-state index in [0.717, 1.165) is 22.3 Å². The number of carboxylic acid groups (broad SMARTS) is 1. The number of alkyl carbamates (subject to hydrolysis) is 1. The van der Waals surface area contributed by atoms with E-state index in [2.05, 4.69) is 21.3 Å². The molecule has 2 aromatic rings. The quantitative estimate of drug-likeness (QED) is 0.132. The predicted octanol–water partition coefficient (Wildman–Crippen LogP) is 3.29. The van der Waals surface area contributed by atoms with Crippen LogP contribution in [0, 0.1) is 11.8 Å². The first-order valence-electron chi connectivity index (χ1n) is 16.3. The standard InChI is InChI=1S/C35H49N5O7/c1-21(2)17-29(32(42)40-30(18-22(3)4)33(43)39-28(34(44)45)15-9-10-16-36)38-31(41)19-37-35(46)47-20-27-25-13-7-5-11-23(25)24-12-6-8-14-26(24)27/h5-8,11-14,21-22,27-30H,9-10,15-20,36H2,1-4H3,(H,37,46)(H,38,41)(H,39,43)(H,40,42)(H,44,45)/t28-,29+,30+/m1/s1. The van der Waals surface area contributed by atoms with Crippen LogP contribution in [0.1, 0.15) is 76.8 Å². The Morgan fingerprint density at radius 3 is 1.79 bits per heavy atom. The summed E-state index contributed by atoms with van der Waals surface area (Å²) in [6, 6.07) is 12.8. The summed E-state index contributed by atoms with van der Waals surface area (Å²) < 4.78 is 5.50. The van der Waals surface area contributed by atoms with Crippen molar-refractivity contribution in [1.29, 1.82) is 0 Å². The van der Waals surface area contributed by atoms with E-state index in [1.165, 1.54) is 0 Å². The van der Waals surface area contributed by atoms with Gasteiger partial charge in [0.25, 0.3) is 0 Å². The van der Waals surface area contributed by atoms with Crippen molar-refractivity contribution in [3.05, 3.63) is 59.7 Å². The number of carbonyl (C=O) groups is 5. The maximum absolute atomic E-state index is 13.4. The fraction of sp³-hybridized carbons (Fsp3) is 0.514. The number of amides is 4. The second-order valence-electron chi connectivity index (χ2n) is 12.8. The smallest absolute Gasteiger partial charge is 0.407 e. The van der Waals surface area contributed by atoms with Gasteiger partial charge in [0.15, 0.2) is 0 Å². The molecule has 0 fully saturated rings. The average molecular weight is 652 g/mol. The molecule has 3 rings (SSSR count). The van der Waals surface area contributed by atoms with Gasteiger partial charge in [-0.05, 0) is 72.7 Å². The number of nitrogens with two attached hydrogens (primary N) is 1. The minimum absolute atomic E-state index is 0.00566. The lowest BCUT2D eigenvalue weighted by atomic mass is 9.98. The minimum Gasteiger partial charge on any atom is -0.480 e. The van der Waals surface area contributed by atoms with Crippen molar-refractivity contribution in [1.82, 2.24) is 21.3 Å². The van der Waals surface area contributed by atoms with E-state index < -0.39 is 54.5 Å². The summed E-state index contributed by atoms with van der Waals surface area (Å²) in [6.07, 6.45) is 1.14. The Morgan fingerprint density at radius 1 is 0.766 bits per heavy atom. The minimum atomic E-state index is -1.17. The molecule has 0 saturated heterocycles. The van der Waals surface area contributed by atoms with Crippen molar-refractivity contribution in [3.63, 3.8) is 0 Å². The zero-order chi connectivity index (χ0) is 34.5. The van der Waals surface area contributed by atoms with E-state index in [4.69, 9.17) is 10.5 Å². The molecule has 3 atom stereocenters. The van der Waals surface area contributed by atoms with Gasteiger partial charge in [0.2, 0.25) is 17.7 Å². The lowest BCUT2D eigenvalue weighted by Gasteiger charge is -2.26. The number of hydrogen-bond acceptors (Lipinski definition) is 7. The molecule has 0 bridgehead atoms. The number of ether oxygens (including phenoxy) is 1. The molecule has 47 heavy (non-hydrogen) atoms. The summed E-state index contributed by atoms with van der Waals surface area (Å²) in [4.78, 5) is 63.7. The maximum atomic E-state index is 13.4. The Kier molecular flexibility index (Phi) is 14.2. The first-order valence-corrected chi connectivity index (χ1v) is 16.3. The summed E-state index contributed by atoms with van der Waals surface area (Å²) in [7, 11) is 0. The van der Waals surface area contributed by atoms with Crippen molar-refractivity contribution < 1.29 is 33.8 Å². The van der Waals surface area contributed by atoms with Crippen LogP contribution in [0.15, 0.2) is 48.5 Å². The van der Waals surface area contributed by atoms with Gasteiger partial charge in [-0.3, -0.25) is 14.4 Å². The van der Waals surface area contributed by atoms with Crippen LogP contribution in [-0.2, 0) is 23.9 Å². The normalized spacial score (nSPS) is 14.0. The molecule has 12 nitrogen and oxygen atoms in total. The molecule has 0 spiro atoms. The van der Waals surface area contributed by atoms with Gasteiger partial charge < -0.3 is 36.8 Å². The number of unbranched alkanes of at least 4 members (excludes halogenated alkanes) is 1. The molecule has 1 aliphatic carbocycles. The van der Waals surface area contributed by atoms with Gasteiger partial charge in [-0.1, -0.05) is 76.2 Å². The Hall–Kier alpha value is -4.45. The molecule has 0 radical (unpaired) electrons. The fourth-order valence-electron chi connectivity index (χ4n) is 5.75. The van der Waals surface area contributed by atoms with Crippen molar-refractivity contribution >= 4 is 29.8 Å². The first-order chi connectivity index (χ1) is 22.4. The molecular weight excluding hydrogens is 602 g/mol. The van der Waals surface area contributed by atoms with Gasteiger partial charge in [0.05, 0.1) is 0 Å². The summed E-state index contributed by atoms with van der Waals surface area (Å²) in [6.45, 7) is 7.62. The highest BCUT2D eigenvalue weighted by atomic mass is 16.5. The molecule has 0 aromatic heterocycles. The predicted molar refractivity (Wildman–Crippen MR) is 178 cm³/mol. The lowest BCUT2D eigenvalue weighted by molar-refractivity contribution is -0.142. The van der Waals surface area contributed by atoms with E-state index >= 15 is 0 Å². The summed E-state index contributed by atoms with van der Waals surface area (Å²) in [5.74, 6) is -3.08. The second-order valence-corrected chi connectivity index (χ2v) is 12.8. The summed E-state index contributed by atoms with van der Waals surface area (Å²) >= 11 is 0. The number of rotatable bonds is 18. The highest BCUT2D eigenvalue weighted by Gasteiger charge is 2.31. The van der Waals surface area contributed by atoms with Crippen LogP contribution in [-0.4, -0.2) is 72.7 Å². The fourth-order valence-corrected chi connectivity index (χ4v) is 5.75. The summed E-state index contributed by atoms with van der Waals surface area (Å²) in [5.41, 5.74) is 9.84. The van der Waals surface area contributed by atoms with E-state index in [1.807, 2.05) is 76.2 Å². The van der Waals surface area contributed by atoms with Crippen molar-refractivity contribution in [2.45, 2.75) is 83.8 Å². The highest BCUT2D eigenvalue weighted by Crippen LogP contribution is 2.44. The molecular formula is C35H49N5O7. The second kappa shape index (κ2) is 18.0. The van der Waals surface area contributed by atoms with Gasteiger partial charge in [0, 0.05) is 5.92 Å². The molecule has 256 valence electrons. The molecule has 1 aliphatic rings. The van der Waals surface area contributed by atoms with Crippen LogP contribution in [0.3, 0.4) is 0 Å². The molecule has 7 N–H and O–H groups in total. The topological polar surface area (TPSA) is 189 Å². The van der Waals surface area contributed by atoms with Crippen LogP contribution < -0.4 is 27.0 Å². The Morgan fingerprint density at radius 2 is 1.28 bits per heavy atom. The van der Waals surface area contributed by atoms with E-state index in [-0.39, 0.29) is 43.6 Å². The van der Waals surface area contributed by atoms with Crippen LogP contribution >= 0.6 is 0 Å². The van der Waals surface area contributed by atoms with Crippen LogP contribution in [0.25, 0.3) is 11.1 Å². The van der Waals surface area contributed by atoms with E-state index in [0.29, 0.717) is 19.4 Å². The lowest BCUT2D eigenvalue weighted by Crippen LogP contribution is -2.56. The van der Waals surface area contributed by atoms with Crippen LogP contribution in [0.2, 0.25) is 0 Å². The third-order valence-electron chi connectivity index (χ3n) is 8.00. The SMILES string of the molecule is CC(C)C[C@H](NC(=O)CNC(=O)OCC1c2ccccc2-c2ccccc21)C(=O)N[C@@H](CC(C)C)C(=O)N[C@H](CCCCN)C(=O)O. The number of carbonyl (C=O) groups excluding carboxylic acids is 4. The highest BCUT2D eigenvalue weighted by molar-refractivity contribution is 5.94. The number of carboxylic acids is 1. The zero-order valence-corrected chi connectivity index (χ0v) is 27.7. The number of fused-ring (bicyclic) bond motifs is 3. The zero-order valence-electron chi connectivity index (χ0n) is 27.7. The van der Waals surface area contributed by atoms with Gasteiger partial charge >= 0.3 is 12.1 Å². The Bertz CT molecular complexity index is 1350. The van der Waals surface area contributed by atoms with Crippen LogP contribution in [0.5, 0.6) is 0 Å². The van der Waals surface area contributed by atoms with Gasteiger partial charge in [0.1, 0.15) is 31.3 Å². The van der Waals surface area contributed by atoms with Gasteiger partial charge in [-0.25, -0.2) is 9.59 Å². The average Bonchev–Trinajstić information content (AvgIpc) is 3.34. The Balaban J connectivity index is 1.57. The van der Waals surface area contributed by atoms with Crippen molar-refractivity contribution in [2.24, 2.45) is 17.6 Å². The number of aliphatic carboxylic acids is 1.